The molecule has 0 spiro atoms. The van der Waals surface area contributed by atoms with Gasteiger partial charge in [-0.25, -0.2) is 0 Å². The topological polar surface area (TPSA) is 49.3 Å². The van der Waals surface area contributed by atoms with Crippen LogP contribution in [0.4, 0.5) is 0 Å². The van der Waals surface area contributed by atoms with Crippen LogP contribution >= 0.6 is 27.7 Å². The predicted octanol–water partition coefficient (Wildman–Crippen LogP) is 2.75. The molecule has 0 aliphatic carbocycles. The zero-order valence-electron chi connectivity index (χ0n) is 9.65. The highest BCUT2D eigenvalue weighted by molar-refractivity contribution is 9.10. The number of halogens is 1. The zero-order chi connectivity index (χ0) is 12.7. The third kappa shape index (κ3) is 5.57. The molecule has 0 amide bonds. The summed E-state index contributed by atoms with van der Waals surface area (Å²) in [6.07, 6.45) is 2.62. The first-order valence-corrected chi connectivity index (χ1v) is 7.51. The second-order valence-electron chi connectivity index (χ2n) is 3.68. The van der Waals surface area contributed by atoms with Crippen LogP contribution in [0.25, 0.3) is 0 Å². The van der Waals surface area contributed by atoms with Crippen molar-refractivity contribution in [3.8, 4) is 0 Å². The van der Waals surface area contributed by atoms with E-state index in [2.05, 4.69) is 21.2 Å². The zero-order valence-corrected chi connectivity index (χ0v) is 12.1. The molecular formula is C12H16BrNO2S. The van der Waals surface area contributed by atoms with Crippen molar-refractivity contribution in [2.24, 2.45) is 0 Å². The molecule has 17 heavy (non-hydrogen) atoms. The molecule has 0 saturated heterocycles. The summed E-state index contributed by atoms with van der Waals surface area (Å²) in [6, 6.07) is 7.39. The average molecular weight is 318 g/mol. The fraction of sp³-hybridized carbons (Fsp3) is 0.417. The van der Waals surface area contributed by atoms with Crippen LogP contribution in [-0.2, 0) is 11.3 Å². The highest BCUT2D eigenvalue weighted by Crippen LogP contribution is 2.12. The van der Waals surface area contributed by atoms with Crippen LogP contribution < -0.4 is 5.32 Å². The second-order valence-corrected chi connectivity index (χ2v) is 5.58. The summed E-state index contributed by atoms with van der Waals surface area (Å²) in [5.41, 5.74) is 1.08. The van der Waals surface area contributed by atoms with Gasteiger partial charge in [-0.05, 0) is 36.1 Å². The first kappa shape index (κ1) is 14.5. The van der Waals surface area contributed by atoms with Crippen molar-refractivity contribution in [2.45, 2.75) is 19.0 Å². The number of hydrogen-bond acceptors (Lipinski definition) is 3. The lowest BCUT2D eigenvalue weighted by Gasteiger charge is -2.13. The molecule has 2 N–H and O–H groups in total. The summed E-state index contributed by atoms with van der Waals surface area (Å²) >= 11 is 5.05. The van der Waals surface area contributed by atoms with Gasteiger partial charge in [-0.1, -0.05) is 28.1 Å². The molecule has 0 bridgehead atoms. The van der Waals surface area contributed by atoms with Crippen molar-refractivity contribution in [1.82, 2.24) is 5.32 Å². The largest absolute Gasteiger partial charge is 0.480 e. The SMILES string of the molecule is CSCCC(NCc1cccc(Br)c1)C(=O)O. The van der Waals surface area contributed by atoms with E-state index in [1.54, 1.807) is 11.8 Å². The van der Waals surface area contributed by atoms with Gasteiger partial charge in [-0.2, -0.15) is 11.8 Å². The molecule has 94 valence electrons. The van der Waals surface area contributed by atoms with E-state index in [4.69, 9.17) is 5.11 Å². The average Bonchev–Trinajstić information content (AvgIpc) is 2.28. The van der Waals surface area contributed by atoms with E-state index < -0.39 is 12.0 Å². The molecule has 0 aliphatic heterocycles. The van der Waals surface area contributed by atoms with Crippen molar-refractivity contribution >= 4 is 33.7 Å². The van der Waals surface area contributed by atoms with Crippen molar-refractivity contribution < 1.29 is 9.90 Å². The van der Waals surface area contributed by atoms with Crippen molar-refractivity contribution in [3.05, 3.63) is 34.3 Å². The van der Waals surface area contributed by atoms with E-state index in [0.717, 1.165) is 15.8 Å². The first-order valence-electron chi connectivity index (χ1n) is 5.33. The quantitative estimate of drug-likeness (QED) is 0.812. The minimum atomic E-state index is -0.783. The summed E-state index contributed by atoms with van der Waals surface area (Å²) in [5.74, 6) is 0.0664. The molecule has 0 aromatic heterocycles. The molecule has 1 aromatic rings. The Morgan fingerprint density at radius 3 is 2.94 bits per heavy atom. The van der Waals surface area contributed by atoms with E-state index in [9.17, 15) is 4.79 Å². The Morgan fingerprint density at radius 2 is 2.35 bits per heavy atom. The highest BCUT2D eigenvalue weighted by atomic mass is 79.9. The van der Waals surface area contributed by atoms with Crippen LogP contribution in [0.15, 0.2) is 28.7 Å². The fourth-order valence-electron chi connectivity index (χ4n) is 1.44. The van der Waals surface area contributed by atoms with Gasteiger partial charge in [-0.3, -0.25) is 4.79 Å². The first-order chi connectivity index (χ1) is 8.13. The Hall–Kier alpha value is -0.520. The molecular weight excluding hydrogens is 302 g/mol. The molecule has 1 unspecified atom stereocenters. The molecule has 0 aliphatic rings. The molecule has 1 rings (SSSR count). The summed E-state index contributed by atoms with van der Waals surface area (Å²) in [5, 5.41) is 12.1. The fourth-order valence-corrected chi connectivity index (χ4v) is 2.35. The van der Waals surface area contributed by atoms with Gasteiger partial charge in [-0.15, -0.1) is 0 Å². The Balaban J connectivity index is 2.48. The number of thioether (sulfide) groups is 1. The van der Waals surface area contributed by atoms with Gasteiger partial charge in [0.25, 0.3) is 0 Å². The number of benzene rings is 1. The smallest absolute Gasteiger partial charge is 0.320 e. The van der Waals surface area contributed by atoms with Crippen LogP contribution in [0.3, 0.4) is 0 Å². The molecule has 0 radical (unpaired) electrons. The molecule has 3 nitrogen and oxygen atoms in total. The van der Waals surface area contributed by atoms with Crippen molar-refractivity contribution in [3.63, 3.8) is 0 Å². The predicted molar refractivity (Wildman–Crippen MR) is 75.4 cm³/mol. The van der Waals surface area contributed by atoms with Crippen molar-refractivity contribution in [2.75, 3.05) is 12.0 Å². The normalized spacial score (nSPS) is 12.4. The molecule has 0 heterocycles. The Bertz CT molecular complexity index is 373. The highest BCUT2D eigenvalue weighted by Gasteiger charge is 2.15. The third-order valence-corrected chi connectivity index (χ3v) is 3.49. The second kappa shape index (κ2) is 7.74. The lowest BCUT2D eigenvalue weighted by Crippen LogP contribution is -2.36. The van der Waals surface area contributed by atoms with Crippen LogP contribution in [0.5, 0.6) is 0 Å². The molecule has 0 fully saturated rings. The maximum atomic E-state index is 11.0. The number of rotatable bonds is 7. The van der Waals surface area contributed by atoms with Crippen LogP contribution in [0.2, 0.25) is 0 Å². The Morgan fingerprint density at radius 1 is 1.59 bits per heavy atom. The third-order valence-electron chi connectivity index (χ3n) is 2.35. The number of nitrogens with one attached hydrogen (secondary N) is 1. The molecule has 1 atom stereocenters. The van der Waals surface area contributed by atoms with Gasteiger partial charge >= 0.3 is 5.97 Å². The Kier molecular flexibility index (Phi) is 6.62. The lowest BCUT2D eigenvalue weighted by molar-refractivity contribution is -0.139. The number of aliphatic carboxylic acids is 1. The van der Waals surface area contributed by atoms with Gasteiger partial charge in [0.15, 0.2) is 0 Å². The van der Waals surface area contributed by atoms with Gasteiger partial charge < -0.3 is 10.4 Å². The number of carboxylic acid groups (broad SMARTS) is 1. The van der Waals surface area contributed by atoms with E-state index in [0.29, 0.717) is 13.0 Å². The molecule has 0 saturated carbocycles. The summed E-state index contributed by atoms with van der Waals surface area (Å²) < 4.78 is 1.01. The van der Waals surface area contributed by atoms with Crippen molar-refractivity contribution in [1.29, 1.82) is 0 Å². The van der Waals surface area contributed by atoms with E-state index >= 15 is 0 Å². The lowest BCUT2D eigenvalue weighted by atomic mass is 10.2. The Labute approximate surface area is 114 Å². The minimum absolute atomic E-state index is 0.471. The van der Waals surface area contributed by atoms with E-state index in [1.165, 1.54) is 0 Å². The maximum Gasteiger partial charge on any atom is 0.320 e. The summed E-state index contributed by atoms with van der Waals surface area (Å²) in [7, 11) is 0. The minimum Gasteiger partial charge on any atom is -0.480 e. The summed E-state index contributed by atoms with van der Waals surface area (Å²) in [6.45, 7) is 0.574. The van der Waals surface area contributed by atoms with E-state index in [1.807, 2.05) is 30.5 Å². The van der Waals surface area contributed by atoms with E-state index in [-0.39, 0.29) is 0 Å². The number of carbonyl (C=O) groups is 1. The number of carboxylic acids is 1. The summed E-state index contributed by atoms with van der Waals surface area (Å²) in [4.78, 5) is 11.0. The monoisotopic (exact) mass is 317 g/mol. The maximum absolute atomic E-state index is 11.0. The molecule has 5 heteroatoms. The van der Waals surface area contributed by atoms with Crippen LogP contribution in [0, 0.1) is 0 Å². The van der Waals surface area contributed by atoms with Gasteiger partial charge in [0.1, 0.15) is 6.04 Å². The van der Waals surface area contributed by atoms with Gasteiger partial charge in [0.05, 0.1) is 0 Å². The van der Waals surface area contributed by atoms with Gasteiger partial charge in [0, 0.05) is 11.0 Å². The van der Waals surface area contributed by atoms with Gasteiger partial charge in [0.2, 0.25) is 0 Å². The standard InChI is InChI=1S/C12H16BrNO2S/c1-17-6-5-11(12(15)16)14-8-9-3-2-4-10(13)7-9/h2-4,7,11,14H,5-6,8H2,1H3,(H,15,16). The number of hydrogen-bond donors (Lipinski definition) is 2. The van der Waals surface area contributed by atoms with Crippen LogP contribution in [-0.4, -0.2) is 29.1 Å². The van der Waals surface area contributed by atoms with Crippen LogP contribution in [0.1, 0.15) is 12.0 Å². The molecule has 1 aromatic carbocycles.